The number of thioether (sulfide) groups is 1. The molecule has 51 heavy (non-hydrogen) atoms. The largest absolute Gasteiger partial charge is 0.384 e. The van der Waals surface area contributed by atoms with Gasteiger partial charge in [0.05, 0.1) is 17.9 Å². The molecular weight excluding hydrogens is 677 g/mol. The van der Waals surface area contributed by atoms with E-state index in [9.17, 15) is 29.1 Å². The number of rotatable bonds is 11. The third-order valence-electron chi connectivity index (χ3n) is 10.4. The highest BCUT2D eigenvalue weighted by Crippen LogP contribution is 2.35. The minimum Gasteiger partial charge on any atom is -0.384 e. The van der Waals surface area contributed by atoms with Gasteiger partial charge in [-0.2, -0.15) is 26.8 Å². The fourth-order valence-corrected chi connectivity index (χ4v) is 8.89. The van der Waals surface area contributed by atoms with Crippen LogP contribution in [0.5, 0.6) is 0 Å². The predicted molar refractivity (Wildman–Crippen MR) is 187 cm³/mol. The van der Waals surface area contributed by atoms with Crippen LogP contribution < -0.4 is 16.4 Å². The van der Waals surface area contributed by atoms with E-state index in [1.165, 1.54) is 20.6 Å². The smallest absolute Gasteiger partial charge is 0.287 e. The average Bonchev–Trinajstić information content (AvgIpc) is 3.85. The number of hydrogen-bond acceptors (Lipinski definition) is 11. The van der Waals surface area contributed by atoms with Crippen molar-refractivity contribution in [2.75, 3.05) is 18.1 Å². The highest BCUT2D eigenvalue weighted by Gasteiger charge is 2.49. The number of aromatic nitrogens is 6. The number of nitrogens with one attached hydrogen (secondary N) is 2. The molecule has 3 atom stereocenters. The average molecular weight is 723 g/mol. The van der Waals surface area contributed by atoms with Crippen molar-refractivity contribution in [2.24, 2.45) is 18.7 Å². The molecule has 2 aliphatic heterocycles. The summed E-state index contributed by atoms with van der Waals surface area (Å²) in [6.45, 7) is 3.22. The van der Waals surface area contributed by atoms with Crippen LogP contribution in [0.3, 0.4) is 0 Å². The summed E-state index contributed by atoms with van der Waals surface area (Å²) < 4.78 is 1.53. The van der Waals surface area contributed by atoms with E-state index in [1.807, 2.05) is 0 Å². The van der Waals surface area contributed by atoms with Gasteiger partial charge in [0.1, 0.15) is 34.3 Å². The van der Waals surface area contributed by atoms with Crippen LogP contribution in [-0.4, -0.2) is 105 Å². The van der Waals surface area contributed by atoms with Gasteiger partial charge in [-0.05, 0) is 68.7 Å². The molecule has 5 N–H and O–H groups in total. The quantitative estimate of drug-likeness (QED) is 0.206. The molecule has 2 saturated heterocycles. The second-order valence-electron chi connectivity index (χ2n) is 14.6. The summed E-state index contributed by atoms with van der Waals surface area (Å²) in [5.74, 6) is -2.24. The summed E-state index contributed by atoms with van der Waals surface area (Å²) in [6, 6.07) is 2.34. The van der Waals surface area contributed by atoms with Gasteiger partial charge in [-0.3, -0.25) is 24.0 Å². The first-order chi connectivity index (χ1) is 24.3. The first-order valence-electron chi connectivity index (χ1n) is 17.6. The van der Waals surface area contributed by atoms with Crippen molar-refractivity contribution < 1.29 is 29.1 Å². The molecule has 1 saturated carbocycles. The summed E-state index contributed by atoms with van der Waals surface area (Å²) >= 11 is 1.61. The van der Waals surface area contributed by atoms with Crippen LogP contribution in [-0.2, 0) is 31.8 Å². The lowest BCUT2D eigenvalue weighted by molar-refractivity contribution is -0.145. The van der Waals surface area contributed by atoms with Crippen LogP contribution in [0.15, 0.2) is 24.4 Å². The second-order valence-corrected chi connectivity index (χ2v) is 15.8. The van der Waals surface area contributed by atoms with E-state index in [4.69, 9.17) is 5.73 Å². The first kappa shape index (κ1) is 36.4. The number of ketones is 1. The van der Waals surface area contributed by atoms with E-state index in [-0.39, 0.29) is 31.7 Å². The van der Waals surface area contributed by atoms with Crippen LogP contribution in [0, 0.1) is 5.92 Å². The SMILES string of the molecule is Cn1nc2ccc(C(=O)NC(CC3CCCCC3)C(=O)N3C[C@@H](n4nncc4C(C)(C)O)C[C@H]3C(=O)NC3(C(=O)C(N)=O)CCSCC3)cc2n1. The molecule has 274 valence electrons. The van der Waals surface area contributed by atoms with E-state index in [1.54, 1.807) is 50.9 Å². The molecule has 1 aromatic carbocycles. The van der Waals surface area contributed by atoms with Crippen LogP contribution in [0.2, 0.25) is 0 Å². The highest BCUT2D eigenvalue weighted by atomic mass is 32.2. The number of carbonyl (C=O) groups is 5. The minimum absolute atomic E-state index is 0.0264. The Balaban J connectivity index is 1.33. The molecule has 3 aliphatic rings. The third-order valence-corrected chi connectivity index (χ3v) is 11.4. The Morgan fingerprint density at radius 1 is 1.08 bits per heavy atom. The topological polar surface area (TPSA) is 220 Å². The molecular formula is C34H46N10O6S. The van der Waals surface area contributed by atoms with E-state index in [0.29, 0.717) is 40.2 Å². The fourth-order valence-electron chi connectivity index (χ4n) is 7.70. The van der Waals surface area contributed by atoms with E-state index >= 15 is 0 Å². The van der Waals surface area contributed by atoms with Gasteiger partial charge in [-0.15, -0.1) is 5.10 Å². The van der Waals surface area contributed by atoms with E-state index < -0.39 is 58.7 Å². The number of amides is 4. The number of aryl methyl sites for hydroxylation is 1. The monoisotopic (exact) mass is 722 g/mol. The number of aliphatic hydroxyl groups is 1. The zero-order chi connectivity index (χ0) is 36.5. The van der Waals surface area contributed by atoms with Crippen molar-refractivity contribution in [3.8, 4) is 0 Å². The maximum Gasteiger partial charge on any atom is 0.287 e. The lowest BCUT2D eigenvalue weighted by atomic mass is 9.84. The van der Waals surface area contributed by atoms with Crippen LogP contribution >= 0.6 is 11.8 Å². The van der Waals surface area contributed by atoms with Crippen molar-refractivity contribution >= 4 is 52.2 Å². The van der Waals surface area contributed by atoms with Crippen LogP contribution in [0.25, 0.3) is 11.0 Å². The summed E-state index contributed by atoms with van der Waals surface area (Å²) in [4.78, 5) is 71.1. The van der Waals surface area contributed by atoms with Crippen molar-refractivity contribution in [2.45, 2.75) is 101 Å². The van der Waals surface area contributed by atoms with E-state index in [0.717, 1.165) is 32.1 Å². The van der Waals surface area contributed by atoms with Gasteiger partial charge in [0, 0.05) is 25.6 Å². The lowest BCUT2D eigenvalue weighted by Crippen LogP contribution is -2.63. The maximum atomic E-state index is 14.8. The number of carbonyl (C=O) groups excluding carboxylic acids is 5. The highest BCUT2D eigenvalue weighted by molar-refractivity contribution is 7.99. The number of nitrogens with two attached hydrogens (primary N) is 1. The molecule has 3 fully saturated rings. The molecule has 4 amide bonds. The molecule has 1 unspecified atom stereocenters. The van der Waals surface area contributed by atoms with E-state index in [2.05, 4.69) is 31.1 Å². The Morgan fingerprint density at radius 2 is 1.78 bits per heavy atom. The van der Waals surface area contributed by atoms with Gasteiger partial charge in [-0.25, -0.2) is 4.68 Å². The zero-order valence-corrected chi connectivity index (χ0v) is 30.0. The minimum atomic E-state index is -1.48. The Hall–Kier alpha value is -4.38. The zero-order valence-electron chi connectivity index (χ0n) is 29.2. The number of Topliss-reactive ketones (excluding diaryl/α,β-unsaturated/α-hetero) is 1. The number of hydrogen-bond donors (Lipinski definition) is 4. The number of primary amides is 1. The number of fused-ring (bicyclic) bond motifs is 1. The van der Waals surface area contributed by atoms with Crippen molar-refractivity contribution in [3.63, 3.8) is 0 Å². The first-order valence-corrected chi connectivity index (χ1v) is 18.7. The van der Waals surface area contributed by atoms with Crippen molar-refractivity contribution in [1.82, 2.24) is 45.5 Å². The number of nitrogens with zero attached hydrogens (tertiary/aromatic N) is 7. The lowest BCUT2D eigenvalue weighted by Gasteiger charge is -2.37. The predicted octanol–water partition coefficient (Wildman–Crippen LogP) is 1.13. The molecule has 4 heterocycles. The van der Waals surface area contributed by atoms with Gasteiger partial charge in [-0.1, -0.05) is 37.3 Å². The van der Waals surface area contributed by atoms with Gasteiger partial charge in [0.2, 0.25) is 17.6 Å². The molecule has 0 bridgehead atoms. The standard InChI is InChI=1S/C34H46N10O6S/c1-33(2,50)27-18-36-41-44(27)22-17-26(31(48)38-34(28(45)29(35)46)11-13-51-14-12-34)43(19-22)32(49)25(15-20-7-5-4-6-8-20)37-30(47)21-9-10-23-24(16-21)40-42(3)39-23/h9-10,16,18,20,22,25-26,50H,4-8,11-15,17,19H2,1-3H3,(H2,35,46)(H,37,47)(H,38,48)/t22-,25?,26-/m0/s1. The van der Waals surface area contributed by atoms with Gasteiger partial charge in [0.25, 0.3) is 11.8 Å². The fraction of sp³-hybridized carbons (Fsp3) is 0.618. The Labute approximate surface area is 299 Å². The molecule has 0 radical (unpaired) electrons. The van der Waals surface area contributed by atoms with Gasteiger partial charge < -0.3 is 26.4 Å². The van der Waals surface area contributed by atoms with Gasteiger partial charge in [0.15, 0.2) is 0 Å². The molecule has 6 rings (SSSR count). The summed E-state index contributed by atoms with van der Waals surface area (Å²) in [5, 5.41) is 33.5. The molecule has 16 nitrogen and oxygen atoms in total. The molecule has 0 spiro atoms. The summed E-state index contributed by atoms with van der Waals surface area (Å²) in [5.41, 5.74) is 4.53. The molecule has 3 aromatic rings. The molecule has 1 aliphatic carbocycles. The Morgan fingerprint density at radius 3 is 2.47 bits per heavy atom. The molecule has 17 heteroatoms. The molecule has 2 aromatic heterocycles. The van der Waals surface area contributed by atoms with Gasteiger partial charge >= 0.3 is 0 Å². The Bertz CT molecular complexity index is 1810. The normalized spacial score (nSPS) is 21.7. The third kappa shape index (κ3) is 7.78. The maximum absolute atomic E-state index is 14.8. The van der Waals surface area contributed by atoms with Crippen LogP contribution in [0.1, 0.15) is 93.7 Å². The number of likely N-dealkylation sites (tertiary alicyclic amines) is 1. The summed E-state index contributed by atoms with van der Waals surface area (Å²) in [6.07, 6.45) is 7.36. The summed E-state index contributed by atoms with van der Waals surface area (Å²) in [7, 11) is 1.69. The number of benzene rings is 1. The second kappa shape index (κ2) is 14.7. The van der Waals surface area contributed by atoms with Crippen molar-refractivity contribution in [1.29, 1.82) is 0 Å². The Kier molecular flexibility index (Phi) is 10.5. The van der Waals surface area contributed by atoms with Crippen molar-refractivity contribution in [3.05, 3.63) is 35.7 Å². The van der Waals surface area contributed by atoms with Crippen LogP contribution in [0.4, 0.5) is 0 Å².